The van der Waals surface area contributed by atoms with Crippen molar-refractivity contribution in [3.05, 3.63) is 36.4 Å². The molecular weight excluding hydrogens is 154 g/mol. The summed E-state index contributed by atoms with van der Waals surface area (Å²) in [6, 6.07) is 3.64. The van der Waals surface area contributed by atoms with Crippen LogP contribution in [-0.4, -0.2) is 5.84 Å². The molecule has 0 aliphatic heterocycles. The average Bonchev–Trinajstić information content (AvgIpc) is 2.53. The molecule has 0 fully saturated rings. The van der Waals surface area contributed by atoms with Crippen molar-refractivity contribution in [2.75, 3.05) is 0 Å². The fourth-order valence-electron chi connectivity index (χ4n) is 0.723. The summed E-state index contributed by atoms with van der Waals surface area (Å²) < 4.78 is 5.04. The first kappa shape index (κ1) is 8.39. The Balaban J connectivity index is 2.49. The lowest BCUT2D eigenvalue weighted by atomic mass is 10.4. The second-order valence-corrected chi connectivity index (χ2v) is 2.18. The van der Waals surface area contributed by atoms with Gasteiger partial charge in [0.15, 0.2) is 0 Å². The topological polar surface area (TPSA) is 77.5 Å². The lowest BCUT2D eigenvalue weighted by Crippen LogP contribution is -2.08. The van der Waals surface area contributed by atoms with Crippen LogP contribution < -0.4 is 11.5 Å². The Hall–Kier alpha value is -1.71. The van der Waals surface area contributed by atoms with Gasteiger partial charge in [0.1, 0.15) is 11.6 Å². The Labute approximate surface area is 70.6 Å². The number of hydrogen-bond donors (Lipinski definition) is 2. The van der Waals surface area contributed by atoms with Crippen molar-refractivity contribution in [3.8, 4) is 0 Å². The van der Waals surface area contributed by atoms with E-state index in [1.54, 1.807) is 12.3 Å². The molecule has 1 heterocycles. The standard InChI is InChI=1S/C8H11N3O/c9-4-3-8(10)11-6-7-2-1-5-12-7/h1-5H,6,9H2,(H2,10,11)/b4-3-. The summed E-state index contributed by atoms with van der Waals surface area (Å²) in [5.74, 6) is 1.18. The quantitative estimate of drug-likeness (QED) is 0.508. The molecule has 1 aromatic heterocycles. The van der Waals surface area contributed by atoms with E-state index >= 15 is 0 Å². The van der Waals surface area contributed by atoms with Gasteiger partial charge in [-0.15, -0.1) is 0 Å². The van der Waals surface area contributed by atoms with E-state index in [9.17, 15) is 0 Å². The number of nitrogens with two attached hydrogens (primary N) is 2. The highest BCUT2D eigenvalue weighted by atomic mass is 16.3. The molecule has 4 N–H and O–H groups in total. The van der Waals surface area contributed by atoms with Gasteiger partial charge in [0.2, 0.25) is 0 Å². The smallest absolute Gasteiger partial charge is 0.125 e. The first-order valence-electron chi connectivity index (χ1n) is 3.53. The van der Waals surface area contributed by atoms with Gasteiger partial charge >= 0.3 is 0 Å². The van der Waals surface area contributed by atoms with E-state index in [1.165, 1.54) is 12.3 Å². The van der Waals surface area contributed by atoms with Crippen molar-refractivity contribution in [1.29, 1.82) is 0 Å². The molecule has 1 rings (SSSR count). The second-order valence-electron chi connectivity index (χ2n) is 2.18. The zero-order valence-corrected chi connectivity index (χ0v) is 6.60. The maximum Gasteiger partial charge on any atom is 0.125 e. The molecule has 0 radical (unpaired) electrons. The summed E-state index contributed by atoms with van der Waals surface area (Å²) in [7, 11) is 0. The van der Waals surface area contributed by atoms with Crippen LogP contribution in [0.3, 0.4) is 0 Å². The highest BCUT2D eigenvalue weighted by Crippen LogP contribution is 2.00. The largest absolute Gasteiger partial charge is 0.467 e. The summed E-state index contributed by atoms with van der Waals surface area (Å²) in [5, 5.41) is 0. The SMILES string of the molecule is N/C=C\C(N)=NCc1ccco1. The van der Waals surface area contributed by atoms with Crippen LogP contribution in [0.2, 0.25) is 0 Å². The number of nitrogens with zero attached hydrogens (tertiary/aromatic N) is 1. The third-order valence-corrected chi connectivity index (χ3v) is 1.26. The van der Waals surface area contributed by atoms with Crippen LogP contribution in [0.4, 0.5) is 0 Å². The number of rotatable bonds is 3. The molecule has 0 atom stereocenters. The third-order valence-electron chi connectivity index (χ3n) is 1.26. The maximum atomic E-state index is 5.44. The Bertz CT molecular complexity index is 275. The first-order chi connectivity index (χ1) is 5.83. The normalized spacial score (nSPS) is 12.5. The lowest BCUT2D eigenvalue weighted by molar-refractivity contribution is 0.513. The van der Waals surface area contributed by atoms with E-state index in [0.717, 1.165) is 5.76 Å². The molecule has 64 valence electrons. The van der Waals surface area contributed by atoms with Gasteiger partial charge in [-0.2, -0.15) is 0 Å². The molecule has 0 amide bonds. The van der Waals surface area contributed by atoms with Gasteiger partial charge in [0.05, 0.1) is 12.8 Å². The zero-order chi connectivity index (χ0) is 8.81. The third kappa shape index (κ3) is 2.49. The van der Waals surface area contributed by atoms with Crippen LogP contribution >= 0.6 is 0 Å². The summed E-state index contributed by atoms with van der Waals surface area (Å²) in [6.07, 6.45) is 4.48. The molecule has 12 heavy (non-hydrogen) atoms. The average molecular weight is 165 g/mol. The summed E-state index contributed by atoms with van der Waals surface area (Å²) in [6.45, 7) is 0.448. The predicted octanol–water partition coefficient (Wildman–Crippen LogP) is 0.609. The molecule has 4 nitrogen and oxygen atoms in total. The van der Waals surface area contributed by atoms with Crippen molar-refractivity contribution in [3.63, 3.8) is 0 Å². The van der Waals surface area contributed by atoms with Gasteiger partial charge in [0, 0.05) is 0 Å². The van der Waals surface area contributed by atoms with Crippen molar-refractivity contribution in [1.82, 2.24) is 0 Å². The molecule has 0 spiro atoms. The lowest BCUT2D eigenvalue weighted by Gasteiger charge is -1.91. The van der Waals surface area contributed by atoms with Gasteiger partial charge in [-0.05, 0) is 24.4 Å². The Morgan fingerprint density at radius 2 is 2.50 bits per heavy atom. The van der Waals surface area contributed by atoms with E-state index in [4.69, 9.17) is 15.9 Å². The molecule has 0 aromatic carbocycles. The fourth-order valence-corrected chi connectivity index (χ4v) is 0.723. The molecule has 0 saturated heterocycles. The van der Waals surface area contributed by atoms with Gasteiger partial charge in [-0.1, -0.05) is 0 Å². The molecular formula is C8H11N3O. The highest BCUT2D eigenvalue weighted by Gasteiger charge is 1.91. The highest BCUT2D eigenvalue weighted by molar-refractivity contribution is 5.91. The van der Waals surface area contributed by atoms with E-state index in [-0.39, 0.29) is 0 Å². The second kappa shape index (κ2) is 4.23. The van der Waals surface area contributed by atoms with Crippen molar-refractivity contribution in [2.24, 2.45) is 16.5 Å². The first-order valence-corrected chi connectivity index (χ1v) is 3.53. The Morgan fingerprint density at radius 3 is 3.08 bits per heavy atom. The predicted molar refractivity (Wildman–Crippen MR) is 47.4 cm³/mol. The molecule has 1 aromatic rings. The van der Waals surface area contributed by atoms with Gasteiger partial charge in [0.25, 0.3) is 0 Å². The van der Waals surface area contributed by atoms with Crippen LogP contribution in [-0.2, 0) is 6.54 Å². The minimum absolute atomic E-state index is 0.397. The van der Waals surface area contributed by atoms with Gasteiger partial charge in [-0.3, -0.25) is 4.99 Å². The minimum atomic E-state index is 0.397. The zero-order valence-electron chi connectivity index (χ0n) is 6.60. The van der Waals surface area contributed by atoms with Crippen LogP contribution in [0.1, 0.15) is 5.76 Å². The number of furan rings is 1. The summed E-state index contributed by atoms with van der Waals surface area (Å²) in [4.78, 5) is 3.99. The van der Waals surface area contributed by atoms with E-state index in [1.807, 2.05) is 6.07 Å². The van der Waals surface area contributed by atoms with Gasteiger partial charge < -0.3 is 15.9 Å². The van der Waals surface area contributed by atoms with Crippen molar-refractivity contribution >= 4 is 5.84 Å². The monoisotopic (exact) mass is 165 g/mol. The van der Waals surface area contributed by atoms with Crippen molar-refractivity contribution in [2.45, 2.75) is 6.54 Å². The molecule has 0 bridgehead atoms. The number of aliphatic imine (C=N–C) groups is 1. The Morgan fingerprint density at radius 1 is 1.67 bits per heavy atom. The summed E-state index contributed by atoms with van der Waals surface area (Å²) in [5.41, 5.74) is 10.6. The maximum absolute atomic E-state index is 5.44. The van der Waals surface area contributed by atoms with E-state index in [0.29, 0.717) is 12.4 Å². The number of amidine groups is 1. The van der Waals surface area contributed by atoms with E-state index < -0.39 is 0 Å². The van der Waals surface area contributed by atoms with Crippen LogP contribution in [0.25, 0.3) is 0 Å². The molecule has 0 aliphatic rings. The minimum Gasteiger partial charge on any atom is -0.467 e. The van der Waals surface area contributed by atoms with Crippen LogP contribution in [0.15, 0.2) is 40.1 Å². The molecule has 0 saturated carbocycles. The molecule has 0 unspecified atom stereocenters. The van der Waals surface area contributed by atoms with Gasteiger partial charge in [-0.25, -0.2) is 0 Å². The van der Waals surface area contributed by atoms with Crippen molar-refractivity contribution < 1.29 is 4.42 Å². The van der Waals surface area contributed by atoms with E-state index in [2.05, 4.69) is 4.99 Å². The molecule has 4 heteroatoms. The fraction of sp³-hybridized carbons (Fsp3) is 0.125. The number of hydrogen-bond acceptors (Lipinski definition) is 3. The van der Waals surface area contributed by atoms with Crippen LogP contribution in [0.5, 0.6) is 0 Å². The summed E-state index contributed by atoms with van der Waals surface area (Å²) >= 11 is 0. The molecule has 0 aliphatic carbocycles. The Kier molecular flexibility index (Phi) is 2.95. The van der Waals surface area contributed by atoms with Crippen LogP contribution in [0, 0.1) is 0 Å².